The van der Waals surface area contributed by atoms with Crippen LogP contribution in [0.4, 0.5) is 0 Å². The molecule has 0 bridgehead atoms. The van der Waals surface area contributed by atoms with E-state index in [-0.39, 0.29) is 0 Å². The van der Waals surface area contributed by atoms with Crippen molar-refractivity contribution >= 4 is 0 Å². The maximum atomic E-state index is 3.82. The standard InChI is InChI=1S/C9H14/c1-4-6-7-8-9(3)5-2/h4,6-8H,3,5H2,1-2H3/b6-4-,8-7+. The van der Waals surface area contributed by atoms with Gasteiger partial charge in [0.2, 0.25) is 0 Å². The van der Waals surface area contributed by atoms with Gasteiger partial charge >= 0.3 is 0 Å². The van der Waals surface area contributed by atoms with Crippen LogP contribution in [-0.4, -0.2) is 0 Å². The Morgan fingerprint density at radius 2 is 2.11 bits per heavy atom. The molecular formula is C9H14. The van der Waals surface area contributed by atoms with Gasteiger partial charge in [0.25, 0.3) is 0 Å². The lowest BCUT2D eigenvalue weighted by Gasteiger charge is -1.86. The van der Waals surface area contributed by atoms with Crippen LogP contribution in [0, 0.1) is 0 Å². The molecule has 50 valence electrons. The van der Waals surface area contributed by atoms with E-state index < -0.39 is 0 Å². The average Bonchev–Trinajstić information content (AvgIpc) is 1.89. The van der Waals surface area contributed by atoms with Crippen LogP contribution >= 0.6 is 0 Å². The largest absolute Gasteiger partial charge is 0.0958 e. The third kappa shape index (κ3) is 5.09. The molecule has 0 atom stereocenters. The fraction of sp³-hybridized carbons (Fsp3) is 0.333. The Morgan fingerprint density at radius 1 is 1.44 bits per heavy atom. The minimum atomic E-state index is 1.04. The molecule has 0 saturated carbocycles. The van der Waals surface area contributed by atoms with E-state index in [1.165, 1.54) is 5.57 Å². The summed E-state index contributed by atoms with van der Waals surface area (Å²) in [5.41, 5.74) is 1.17. The second-order valence-electron chi connectivity index (χ2n) is 1.90. The highest BCUT2D eigenvalue weighted by Gasteiger charge is 1.76. The van der Waals surface area contributed by atoms with Gasteiger partial charge in [-0.2, -0.15) is 0 Å². The van der Waals surface area contributed by atoms with E-state index in [1.807, 2.05) is 31.2 Å². The molecule has 0 fully saturated rings. The summed E-state index contributed by atoms with van der Waals surface area (Å²) in [6, 6.07) is 0. The Balaban J connectivity index is 3.57. The molecule has 0 aliphatic heterocycles. The minimum Gasteiger partial charge on any atom is -0.0958 e. The Labute approximate surface area is 57.6 Å². The number of allylic oxidation sites excluding steroid dienone is 5. The van der Waals surface area contributed by atoms with Gasteiger partial charge in [0.1, 0.15) is 0 Å². The molecule has 0 spiro atoms. The molecule has 0 aromatic rings. The molecule has 0 nitrogen and oxygen atoms in total. The molecule has 0 heterocycles. The van der Waals surface area contributed by atoms with Crippen molar-refractivity contribution in [2.24, 2.45) is 0 Å². The molecule has 0 aliphatic rings. The van der Waals surface area contributed by atoms with E-state index in [1.54, 1.807) is 0 Å². The average molecular weight is 122 g/mol. The first kappa shape index (κ1) is 8.22. The monoisotopic (exact) mass is 122 g/mol. The molecule has 0 saturated heterocycles. The summed E-state index contributed by atoms with van der Waals surface area (Å²) >= 11 is 0. The van der Waals surface area contributed by atoms with Crippen LogP contribution in [0.5, 0.6) is 0 Å². The number of rotatable bonds is 3. The van der Waals surface area contributed by atoms with Crippen LogP contribution in [-0.2, 0) is 0 Å². The van der Waals surface area contributed by atoms with Crippen molar-refractivity contribution < 1.29 is 0 Å². The SMILES string of the molecule is C=C(/C=C/C=C\C)CC. The Kier molecular flexibility index (Phi) is 4.89. The Morgan fingerprint density at radius 3 is 2.56 bits per heavy atom. The second-order valence-corrected chi connectivity index (χ2v) is 1.90. The van der Waals surface area contributed by atoms with Crippen molar-refractivity contribution in [3.05, 3.63) is 36.5 Å². The molecular weight excluding hydrogens is 108 g/mol. The fourth-order valence-corrected chi connectivity index (χ4v) is 0.421. The molecule has 0 heteroatoms. The van der Waals surface area contributed by atoms with Crippen LogP contribution in [0.1, 0.15) is 20.3 Å². The zero-order valence-electron chi connectivity index (χ0n) is 6.22. The quantitative estimate of drug-likeness (QED) is 0.504. The first-order valence-corrected chi connectivity index (χ1v) is 3.28. The second kappa shape index (κ2) is 5.36. The van der Waals surface area contributed by atoms with Gasteiger partial charge in [-0.1, -0.05) is 43.4 Å². The third-order valence-corrected chi connectivity index (χ3v) is 1.09. The van der Waals surface area contributed by atoms with Gasteiger partial charge in [0.15, 0.2) is 0 Å². The normalized spacial score (nSPS) is 11.3. The van der Waals surface area contributed by atoms with Gasteiger partial charge in [0.05, 0.1) is 0 Å². The lowest BCUT2D eigenvalue weighted by molar-refractivity contribution is 1.16. The van der Waals surface area contributed by atoms with E-state index in [9.17, 15) is 0 Å². The zero-order valence-corrected chi connectivity index (χ0v) is 6.22. The van der Waals surface area contributed by atoms with Crippen LogP contribution in [0.2, 0.25) is 0 Å². The summed E-state index contributed by atoms with van der Waals surface area (Å²) in [4.78, 5) is 0. The van der Waals surface area contributed by atoms with E-state index in [0.29, 0.717) is 0 Å². The van der Waals surface area contributed by atoms with Crippen LogP contribution in [0.3, 0.4) is 0 Å². The number of hydrogen-bond acceptors (Lipinski definition) is 0. The van der Waals surface area contributed by atoms with Gasteiger partial charge in [0, 0.05) is 0 Å². The maximum absolute atomic E-state index is 3.82. The molecule has 0 amide bonds. The first-order valence-electron chi connectivity index (χ1n) is 3.28. The van der Waals surface area contributed by atoms with Gasteiger partial charge < -0.3 is 0 Å². The molecule has 0 unspecified atom stereocenters. The summed E-state index contributed by atoms with van der Waals surface area (Å²) in [5, 5.41) is 0. The Bertz CT molecular complexity index is 127. The summed E-state index contributed by atoms with van der Waals surface area (Å²) in [7, 11) is 0. The predicted molar refractivity (Wildman–Crippen MR) is 43.4 cm³/mol. The molecule has 0 aromatic heterocycles. The van der Waals surface area contributed by atoms with Crippen molar-refractivity contribution in [2.75, 3.05) is 0 Å². The molecule has 0 aliphatic carbocycles. The highest BCUT2D eigenvalue weighted by atomic mass is 13.8. The lowest BCUT2D eigenvalue weighted by Crippen LogP contribution is -1.66. The predicted octanol–water partition coefficient (Wildman–Crippen LogP) is 3.08. The van der Waals surface area contributed by atoms with Gasteiger partial charge in [-0.25, -0.2) is 0 Å². The highest BCUT2D eigenvalue weighted by Crippen LogP contribution is 1.97. The molecule has 0 radical (unpaired) electrons. The third-order valence-electron chi connectivity index (χ3n) is 1.09. The van der Waals surface area contributed by atoms with Crippen LogP contribution < -0.4 is 0 Å². The molecule has 0 N–H and O–H groups in total. The minimum absolute atomic E-state index is 1.04. The van der Waals surface area contributed by atoms with E-state index in [2.05, 4.69) is 13.5 Å². The van der Waals surface area contributed by atoms with Crippen molar-refractivity contribution in [3.63, 3.8) is 0 Å². The van der Waals surface area contributed by atoms with Gasteiger partial charge in [-0.3, -0.25) is 0 Å². The van der Waals surface area contributed by atoms with Gasteiger partial charge in [-0.15, -0.1) is 0 Å². The summed E-state index contributed by atoms with van der Waals surface area (Å²) in [6.07, 6.45) is 9.07. The Hall–Kier alpha value is -0.780. The van der Waals surface area contributed by atoms with Crippen molar-refractivity contribution in [3.8, 4) is 0 Å². The summed E-state index contributed by atoms with van der Waals surface area (Å²) < 4.78 is 0. The van der Waals surface area contributed by atoms with Crippen molar-refractivity contribution in [2.45, 2.75) is 20.3 Å². The van der Waals surface area contributed by atoms with Crippen molar-refractivity contribution in [1.29, 1.82) is 0 Å². The smallest absolute Gasteiger partial charge is 0.0313 e. The summed E-state index contributed by atoms with van der Waals surface area (Å²) in [5.74, 6) is 0. The molecule has 0 rings (SSSR count). The van der Waals surface area contributed by atoms with E-state index in [4.69, 9.17) is 0 Å². The fourth-order valence-electron chi connectivity index (χ4n) is 0.421. The van der Waals surface area contributed by atoms with Gasteiger partial charge in [-0.05, 0) is 13.3 Å². The van der Waals surface area contributed by atoms with Crippen LogP contribution in [0.15, 0.2) is 36.5 Å². The molecule has 0 aromatic carbocycles. The van der Waals surface area contributed by atoms with Crippen molar-refractivity contribution in [1.82, 2.24) is 0 Å². The topological polar surface area (TPSA) is 0 Å². The lowest BCUT2D eigenvalue weighted by atomic mass is 10.2. The van der Waals surface area contributed by atoms with E-state index >= 15 is 0 Å². The zero-order chi connectivity index (χ0) is 7.11. The maximum Gasteiger partial charge on any atom is -0.0313 e. The van der Waals surface area contributed by atoms with E-state index in [0.717, 1.165) is 6.42 Å². The summed E-state index contributed by atoms with van der Waals surface area (Å²) in [6.45, 7) is 7.92. The highest BCUT2D eigenvalue weighted by molar-refractivity contribution is 5.18. The first-order chi connectivity index (χ1) is 4.31. The molecule has 9 heavy (non-hydrogen) atoms. The number of hydrogen-bond donors (Lipinski definition) is 0. The van der Waals surface area contributed by atoms with Crippen LogP contribution in [0.25, 0.3) is 0 Å².